The molecule has 1 aliphatic heterocycles. The fourth-order valence-corrected chi connectivity index (χ4v) is 3.94. The molecule has 0 aromatic heterocycles. The minimum absolute atomic E-state index is 0.0591. The van der Waals surface area contributed by atoms with Crippen LogP contribution in [0.1, 0.15) is 50.5 Å². The summed E-state index contributed by atoms with van der Waals surface area (Å²) in [6.45, 7) is 2.94. The Kier molecular flexibility index (Phi) is 6.90. The van der Waals surface area contributed by atoms with Crippen LogP contribution < -0.4 is 10.1 Å². The van der Waals surface area contributed by atoms with Crippen LogP contribution in [-0.2, 0) is 10.3 Å². The average Bonchev–Trinajstić information content (AvgIpc) is 3.49. The lowest BCUT2D eigenvalue weighted by Gasteiger charge is -2.40. The van der Waals surface area contributed by atoms with Gasteiger partial charge in [0.25, 0.3) is 0 Å². The highest BCUT2D eigenvalue weighted by atomic mass is 19.1. The van der Waals surface area contributed by atoms with E-state index in [0.29, 0.717) is 31.1 Å². The summed E-state index contributed by atoms with van der Waals surface area (Å²) >= 11 is 0. The number of para-hydroxylation sites is 1. The zero-order valence-corrected chi connectivity index (χ0v) is 15.8. The summed E-state index contributed by atoms with van der Waals surface area (Å²) in [4.78, 5) is 0. The molecule has 0 radical (unpaired) electrons. The molecule has 146 valence electrons. The summed E-state index contributed by atoms with van der Waals surface area (Å²) < 4.78 is 25.6. The topological polar surface area (TPSA) is 50.7 Å². The van der Waals surface area contributed by atoms with Gasteiger partial charge in [-0.2, -0.15) is 0 Å². The molecule has 2 fully saturated rings. The third-order valence-electron chi connectivity index (χ3n) is 5.72. The third-order valence-corrected chi connectivity index (χ3v) is 5.72. The molecule has 2 N–H and O–H groups in total. The second-order valence-corrected chi connectivity index (χ2v) is 7.79. The minimum Gasteiger partial charge on any atom is -0.490 e. The molecule has 0 spiro atoms. The maximum atomic E-state index is 14.6. The van der Waals surface area contributed by atoms with Gasteiger partial charge in [-0.15, -0.1) is 0 Å². The molecule has 1 unspecified atom stereocenters. The standard InChI is InChI=1S/C21H32FNO3/c1-25-13-3-2-11-21(24,17-6-5-12-23-14-17)18-7-4-8-19(22)20(18)26-15-16-9-10-16/h4,7-8,16-17,23-24H,2-3,5-6,9-15H2,1H3/t17?,21-/m0/s1. The van der Waals surface area contributed by atoms with E-state index in [2.05, 4.69) is 5.32 Å². The van der Waals surface area contributed by atoms with Gasteiger partial charge in [-0.1, -0.05) is 12.1 Å². The summed E-state index contributed by atoms with van der Waals surface area (Å²) in [7, 11) is 1.69. The van der Waals surface area contributed by atoms with Crippen LogP contribution in [0.15, 0.2) is 18.2 Å². The van der Waals surface area contributed by atoms with Crippen molar-refractivity contribution in [2.24, 2.45) is 11.8 Å². The van der Waals surface area contributed by atoms with Crippen molar-refractivity contribution in [2.75, 3.05) is 33.4 Å². The summed E-state index contributed by atoms with van der Waals surface area (Å²) in [6.07, 6.45) is 6.57. The van der Waals surface area contributed by atoms with E-state index in [1.807, 2.05) is 6.07 Å². The number of hydrogen-bond donors (Lipinski definition) is 2. The first-order valence-corrected chi connectivity index (χ1v) is 9.99. The normalized spacial score (nSPS) is 22.8. The number of rotatable bonds is 10. The van der Waals surface area contributed by atoms with Gasteiger partial charge in [-0.3, -0.25) is 0 Å². The molecular weight excluding hydrogens is 333 g/mol. The van der Waals surface area contributed by atoms with E-state index in [1.165, 1.54) is 6.07 Å². The van der Waals surface area contributed by atoms with E-state index in [9.17, 15) is 9.50 Å². The van der Waals surface area contributed by atoms with E-state index in [1.54, 1.807) is 13.2 Å². The van der Waals surface area contributed by atoms with E-state index in [-0.39, 0.29) is 17.5 Å². The van der Waals surface area contributed by atoms with E-state index in [4.69, 9.17) is 9.47 Å². The first-order chi connectivity index (χ1) is 12.6. The van der Waals surface area contributed by atoms with Gasteiger partial charge in [0.2, 0.25) is 0 Å². The predicted octanol–water partition coefficient (Wildman–Crippen LogP) is 3.62. The molecule has 1 saturated carbocycles. The van der Waals surface area contributed by atoms with Crippen LogP contribution in [0.2, 0.25) is 0 Å². The fourth-order valence-electron chi connectivity index (χ4n) is 3.94. The van der Waals surface area contributed by atoms with Crippen molar-refractivity contribution >= 4 is 0 Å². The van der Waals surface area contributed by atoms with Gasteiger partial charge in [-0.05, 0) is 63.5 Å². The number of methoxy groups -OCH3 is 1. The number of nitrogens with one attached hydrogen (secondary N) is 1. The Labute approximate surface area is 156 Å². The van der Waals surface area contributed by atoms with E-state index >= 15 is 0 Å². The Bertz CT molecular complexity index is 572. The maximum absolute atomic E-state index is 14.6. The van der Waals surface area contributed by atoms with Crippen LogP contribution in [-0.4, -0.2) is 38.5 Å². The highest BCUT2D eigenvalue weighted by molar-refractivity contribution is 5.40. The van der Waals surface area contributed by atoms with Crippen molar-refractivity contribution in [1.29, 1.82) is 0 Å². The molecule has 26 heavy (non-hydrogen) atoms. The van der Waals surface area contributed by atoms with Gasteiger partial charge in [0.15, 0.2) is 11.6 Å². The van der Waals surface area contributed by atoms with Gasteiger partial charge in [-0.25, -0.2) is 4.39 Å². The minimum atomic E-state index is -1.08. The summed E-state index contributed by atoms with van der Waals surface area (Å²) in [5.74, 6) is 0.471. The lowest BCUT2D eigenvalue weighted by Crippen LogP contribution is -2.44. The SMILES string of the molecule is COCCCC[C@@](O)(c1cccc(F)c1OCC1CC1)C1CCCNC1. The van der Waals surface area contributed by atoms with E-state index in [0.717, 1.165) is 51.6 Å². The number of aliphatic hydroxyl groups is 1. The summed E-state index contributed by atoms with van der Waals surface area (Å²) in [6, 6.07) is 4.96. The van der Waals surface area contributed by atoms with Crippen LogP contribution in [0.3, 0.4) is 0 Å². The van der Waals surface area contributed by atoms with Crippen molar-refractivity contribution in [2.45, 2.75) is 50.5 Å². The molecule has 1 heterocycles. The highest BCUT2D eigenvalue weighted by Crippen LogP contribution is 2.43. The largest absolute Gasteiger partial charge is 0.490 e. The van der Waals surface area contributed by atoms with Gasteiger partial charge in [0, 0.05) is 31.7 Å². The fraction of sp³-hybridized carbons (Fsp3) is 0.714. The van der Waals surface area contributed by atoms with E-state index < -0.39 is 5.60 Å². The Morgan fingerprint density at radius 2 is 2.12 bits per heavy atom. The number of benzene rings is 1. The molecule has 1 aromatic carbocycles. The van der Waals surface area contributed by atoms with Crippen molar-refractivity contribution < 1.29 is 19.0 Å². The molecular formula is C21H32FNO3. The Morgan fingerprint density at radius 3 is 2.81 bits per heavy atom. The van der Waals surface area contributed by atoms with Crippen molar-refractivity contribution in [3.05, 3.63) is 29.6 Å². The number of hydrogen-bond acceptors (Lipinski definition) is 4. The van der Waals surface area contributed by atoms with Crippen LogP contribution >= 0.6 is 0 Å². The van der Waals surface area contributed by atoms with Crippen LogP contribution in [0.25, 0.3) is 0 Å². The molecule has 1 saturated heterocycles. The quantitative estimate of drug-likeness (QED) is 0.622. The zero-order valence-electron chi connectivity index (χ0n) is 15.8. The Balaban J connectivity index is 1.85. The number of unbranched alkanes of at least 4 members (excludes halogenated alkanes) is 1. The second kappa shape index (κ2) is 9.16. The van der Waals surface area contributed by atoms with Crippen LogP contribution in [0.5, 0.6) is 5.75 Å². The first kappa shape index (κ1) is 19.6. The Morgan fingerprint density at radius 1 is 1.27 bits per heavy atom. The van der Waals surface area contributed by atoms with Gasteiger partial charge < -0.3 is 19.9 Å². The highest BCUT2D eigenvalue weighted by Gasteiger charge is 2.41. The Hall–Kier alpha value is -1.17. The molecule has 2 atom stereocenters. The molecule has 0 amide bonds. The molecule has 5 heteroatoms. The van der Waals surface area contributed by atoms with Crippen molar-refractivity contribution in [3.63, 3.8) is 0 Å². The zero-order chi connectivity index (χ0) is 18.4. The van der Waals surface area contributed by atoms with Crippen molar-refractivity contribution in [1.82, 2.24) is 5.32 Å². The van der Waals surface area contributed by atoms with Gasteiger partial charge in [0.05, 0.1) is 12.2 Å². The van der Waals surface area contributed by atoms with Gasteiger partial charge in [0.1, 0.15) is 0 Å². The number of piperidine rings is 1. The third kappa shape index (κ3) is 4.76. The molecule has 3 rings (SSSR count). The summed E-state index contributed by atoms with van der Waals surface area (Å²) in [5.41, 5.74) is -0.466. The smallest absolute Gasteiger partial charge is 0.165 e. The molecule has 1 aromatic rings. The molecule has 4 nitrogen and oxygen atoms in total. The lowest BCUT2D eigenvalue weighted by molar-refractivity contribution is -0.0457. The average molecular weight is 365 g/mol. The number of ether oxygens (including phenoxy) is 2. The number of halogens is 1. The first-order valence-electron chi connectivity index (χ1n) is 9.99. The molecule has 2 aliphatic rings. The summed E-state index contributed by atoms with van der Waals surface area (Å²) in [5, 5.41) is 15.2. The maximum Gasteiger partial charge on any atom is 0.165 e. The second-order valence-electron chi connectivity index (χ2n) is 7.79. The van der Waals surface area contributed by atoms with Crippen LogP contribution in [0.4, 0.5) is 4.39 Å². The lowest BCUT2D eigenvalue weighted by atomic mass is 9.74. The van der Waals surface area contributed by atoms with Crippen molar-refractivity contribution in [3.8, 4) is 5.75 Å². The predicted molar refractivity (Wildman–Crippen MR) is 99.8 cm³/mol. The van der Waals surface area contributed by atoms with Crippen LogP contribution in [0, 0.1) is 17.7 Å². The van der Waals surface area contributed by atoms with Gasteiger partial charge >= 0.3 is 0 Å². The monoisotopic (exact) mass is 365 g/mol. The molecule has 0 bridgehead atoms. The molecule has 1 aliphatic carbocycles.